The first-order chi connectivity index (χ1) is 16.3. The van der Waals surface area contributed by atoms with Gasteiger partial charge in [0.05, 0.1) is 12.6 Å². The summed E-state index contributed by atoms with van der Waals surface area (Å²) >= 11 is 7.39. The summed E-state index contributed by atoms with van der Waals surface area (Å²) in [5.74, 6) is -1.41. The molecule has 4 rings (SSSR count). The lowest BCUT2D eigenvalue weighted by Crippen LogP contribution is -2.66. The summed E-state index contributed by atoms with van der Waals surface area (Å²) in [6, 6.07) is 16.0. The summed E-state index contributed by atoms with van der Waals surface area (Å²) in [5, 5.41) is 13.0. The van der Waals surface area contributed by atoms with Crippen LogP contribution in [0.3, 0.4) is 0 Å². The maximum absolute atomic E-state index is 12.1. The van der Waals surface area contributed by atoms with E-state index in [4.69, 9.17) is 30.5 Å². The highest BCUT2D eigenvalue weighted by Gasteiger charge is 2.52. The Labute approximate surface area is 206 Å². The molecule has 2 aliphatic rings. The van der Waals surface area contributed by atoms with Crippen molar-refractivity contribution < 1.29 is 33.6 Å². The first-order valence-corrected chi connectivity index (χ1v) is 12.1. The lowest BCUT2D eigenvalue weighted by atomic mass is 9.96. The van der Waals surface area contributed by atoms with Crippen LogP contribution in [-0.4, -0.2) is 59.5 Å². The van der Waals surface area contributed by atoms with Crippen LogP contribution in [0.4, 0.5) is 0 Å². The molecule has 2 aromatic carbocycles. The number of hydrogen-bond donors (Lipinski definition) is 2. The largest absolute Gasteiger partial charge is 0.479 e. The van der Waals surface area contributed by atoms with Gasteiger partial charge in [-0.05, 0) is 31.2 Å². The van der Waals surface area contributed by atoms with Crippen LogP contribution in [-0.2, 0) is 28.5 Å². The number of carbonyl (C=O) groups excluding carboxylic acids is 1. The van der Waals surface area contributed by atoms with Gasteiger partial charge in [0.1, 0.15) is 23.7 Å². The molecule has 2 aliphatic heterocycles. The number of halogens is 1. The number of carbonyl (C=O) groups is 2. The van der Waals surface area contributed by atoms with Crippen molar-refractivity contribution in [2.24, 2.45) is 0 Å². The Bertz CT molecular complexity index is 993. The molecule has 0 bridgehead atoms. The van der Waals surface area contributed by atoms with Gasteiger partial charge in [-0.1, -0.05) is 53.7 Å². The highest BCUT2D eigenvalue weighted by Crippen LogP contribution is 2.40. The number of amides is 1. The third kappa shape index (κ3) is 5.91. The number of aliphatic carboxylic acids is 1. The van der Waals surface area contributed by atoms with Gasteiger partial charge in [-0.2, -0.15) is 0 Å². The second-order valence-electron chi connectivity index (χ2n) is 8.10. The van der Waals surface area contributed by atoms with Gasteiger partial charge in [-0.3, -0.25) is 4.79 Å². The zero-order valence-electron chi connectivity index (χ0n) is 18.6. The van der Waals surface area contributed by atoms with Gasteiger partial charge in [0, 0.05) is 22.4 Å². The van der Waals surface area contributed by atoms with Crippen molar-refractivity contribution >= 4 is 35.2 Å². The summed E-state index contributed by atoms with van der Waals surface area (Å²) in [6.45, 7) is 3.06. The molecule has 7 atom stereocenters. The Hall–Kier alpha value is -2.14. The van der Waals surface area contributed by atoms with Crippen LogP contribution in [0, 0.1) is 0 Å². The molecule has 34 heavy (non-hydrogen) atoms. The van der Waals surface area contributed by atoms with E-state index in [1.54, 1.807) is 12.1 Å². The fourth-order valence-corrected chi connectivity index (χ4v) is 5.20. The van der Waals surface area contributed by atoms with E-state index in [0.717, 1.165) is 10.5 Å². The number of carboxylic acid groups (broad SMARTS) is 1. The van der Waals surface area contributed by atoms with Gasteiger partial charge in [-0.25, -0.2) is 4.79 Å². The van der Waals surface area contributed by atoms with E-state index in [1.807, 2.05) is 42.5 Å². The molecular formula is C24H26ClNO7S. The van der Waals surface area contributed by atoms with Crippen molar-refractivity contribution in [3.63, 3.8) is 0 Å². The van der Waals surface area contributed by atoms with Gasteiger partial charge in [0.25, 0.3) is 0 Å². The second kappa shape index (κ2) is 11.1. The monoisotopic (exact) mass is 507 g/mol. The molecule has 0 aliphatic carbocycles. The summed E-state index contributed by atoms with van der Waals surface area (Å²) in [5.41, 5.74) is 0.234. The number of benzene rings is 2. The van der Waals surface area contributed by atoms with Crippen LogP contribution < -0.4 is 5.32 Å². The molecule has 1 amide bonds. The van der Waals surface area contributed by atoms with Crippen molar-refractivity contribution in [3.8, 4) is 0 Å². The van der Waals surface area contributed by atoms with Crippen LogP contribution in [0.1, 0.15) is 25.7 Å². The number of thioether (sulfide) groups is 1. The minimum absolute atomic E-state index is 0.218. The molecule has 2 fully saturated rings. The van der Waals surface area contributed by atoms with E-state index in [-0.39, 0.29) is 12.5 Å². The van der Waals surface area contributed by atoms with Crippen molar-refractivity contribution in [1.82, 2.24) is 5.32 Å². The number of rotatable bonds is 7. The molecule has 10 heteroatoms. The second-order valence-corrected chi connectivity index (χ2v) is 9.71. The molecule has 0 radical (unpaired) electrons. The van der Waals surface area contributed by atoms with Crippen LogP contribution in [0.25, 0.3) is 0 Å². The number of ether oxygens (including phenoxy) is 4. The van der Waals surface area contributed by atoms with Crippen molar-refractivity contribution in [2.75, 3.05) is 6.61 Å². The zero-order chi connectivity index (χ0) is 24.2. The van der Waals surface area contributed by atoms with E-state index in [9.17, 15) is 14.7 Å². The highest BCUT2D eigenvalue weighted by molar-refractivity contribution is 7.99. The third-order valence-corrected chi connectivity index (χ3v) is 6.99. The van der Waals surface area contributed by atoms with Crippen molar-refractivity contribution in [2.45, 2.75) is 60.9 Å². The third-order valence-electron chi connectivity index (χ3n) is 5.56. The van der Waals surface area contributed by atoms with E-state index >= 15 is 0 Å². The first-order valence-electron chi connectivity index (χ1n) is 10.9. The fraction of sp³-hybridized carbons (Fsp3) is 0.417. The number of carboxylic acids is 1. The smallest absolute Gasteiger partial charge is 0.332 e. The Morgan fingerprint density at radius 1 is 1.15 bits per heavy atom. The van der Waals surface area contributed by atoms with Gasteiger partial charge >= 0.3 is 5.97 Å². The molecule has 182 valence electrons. The summed E-state index contributed by atoms with van der Waals surface area (Å²) in [7, 11) is 0. The molecule has 7 unspecified atom stereocenters. The van der Waals surface area contributed by atoms with Gasteiger partial charge in [0.15, 0.2) is 12.4 Å². The lowest BCUT2D eigenvalue weighted by Gasteiger charge is -2.49. The average molecular weight is 508 g/mol. The van der Waals surface area contributed by atoms with E-state index in [0.29, 0.717) is 5.02 Å². The summed E-state index contributed by atoms with van der Waals surface area (Å²) < 4.78 is 24.5. The maximum atomic E-state index is 12.1. The predicted molar refractivity (Wildman–Crippen MR) is 126 cm³/mol. The predicted octanol–water partition coefficient (Wildman–Crippen LogP) is 3.63. The van der Waals surface area contributed by atoms with Gasteiger partial charge in [-0.15, -0.1) is 0 Å². The lowest BCUT2D eigenvalue weighted by molar-refractivity contribution is -0.314. The standard InChI is InChI=1S/C24H26ClNO7S/c1-13(22(28)29)31-21-19(26-14(2)27)24(34-17-10-8-16(25)9-11-17)32-18-12-30-23(33-20(18)21)15-6-4-3-5-7-15/h3-11,13,18-21,23-24H,12H2,1-2H3,(H,26,27)(H,28,29). The quantitative estimate of drug-likeness (QED) is 0.585. The van der Waals surface area contributed by atoms with E-state index in [2.05, 4.69) is 5.32 Å². The highest BCUT2D eigenvalue weighted by atomic mass is 35.5. The molecule has 0 spiro atoms. The number of fused-ring (bicyclic) bond motifs is 1. The Balaban J connectivity index is 1.64. The Morgan fingerprint density at radius 3 is 2.50 bits per heavy atom. The molecule has 2 N–H and O–H groups in total. The minimum atomic E-state index is -1.12. The normalized spacial score (nSPS) is 29.6. The maximum Gasteiger partial charge on any atom is 0.332 e. The molecule has 2 aromatic rings. The SMILES string of the molecule is CC(=O)NC1C(Sc2ccc(Cl)cc2)OC2COC(c3ccccc3)OC2C1OC(C)C(=O)O. The van der Waals surface area contributed by atoms with Crippen LogP contribution >= 0.6 is 23.4 Å². The first kappa shape index (κ1) is 25.0. The average Bonchev–Trinajstić information content (AvgIpc) is 2.82. The molecule has 2 heterocycles. The van der Waals surface area contributed by atoms with Gasteiger partial charge < -0.3 is 29.4 Å². The molecule has 2 saturated heterocycles. The fourth-order valence-electron chi connectivity index (χ4n) is 3.94. The van der Waals surface area contributed by atoms with Crippen LogP contribution in [0.15, 0.2) is 59.5 Å². The van der Waals surface area contributed by atoms with Crippen LogP contribution in [0.5, 0.6) is 0 Å². The summed E-state index contributed by atoms with van der Waals surface area (Å²) in [6.07, 6.45) is -3.78. The minimum Gasteiger partial charge on any atom is -0.479 e. The summed E-state index contributed by atoms with van der Waals surface area (Å²) in [4.78, 5) is 24.6. The topological polar surface area (TPSA) is 103 Å². The molecule has 8 nitrogen and oxygen atoms in total. The van der Waals surface area contributed by atoms with E-state index < -0.39 is 48.2 Å². The number of nitrogens with one attached hydrogen (secondary N) is 1. The zero-order valence-corrected chi connectivity index (χ0v) is 20.2. The van der Waals surface area contributed by atoms with Gasteiger partial charge in [0.2, 0.25) is 5.91 Å². The molecule has 0 aromatic heterocycles. The van der Waals surface area contributed by atoms with Crippen molar-refractivity contribution in [1.29, 1.82) is 0 Å². The number of hydrogen-bond acceptors (Lipinski definition) is 7. The van der Waals surface area contributed by atoms with E-state index in [1.165, 1.54) is 25.6 Å². The molecule has 0 saturated carbocycles. The Kier molecular flexibility index (Phi) is 8.13. The Morgan fingerprint density at radius 2 is 1.85 bits per heavy atom. The molecular weight excluding hydrogens is 482 g/mol. The van der Waals surface area contributed by atoms with Crippen LogP contribution in [0.2, 0.25) is 5.02 Å². The van der Waals surface area contributed by atoms with Crippen molar-refractivity contribution in [3.05, 3.63) is 65.2 Å².